The lowest BCUT2D eigenvalue weighted by Gasteiger charge is -2.28. The number of likely N-dealkylation sites (tertiary alicyclic amines) is 1. The first-order valence-corrected chi connectivity index (χ1v) is 7.27. The summed E-state index contributed by atoms with van der Waals surface area (Å²) >= 11 is 0. The van der Waals surface area contributed by atoms with Crippen LogP contribution in [0, 0.1) is 0 Å². The van der Waals surface area contributed by atoms with E-state index >= 15 is 0 Å². The minimum absolute atomic E-state index is 0.645. The van der Waals surface area contributed by atoms with Gasteiger partial charge in [0, 0.05) is 23.7 Å². The van der Waals surface area contributed by atoms with Gasteiger partial charge in [0.1, 0.15) is 5.82 Å². The van der Waals surface area contributed by atoms with Crippen molar-refractivity contribution < 1.29 is 0 Å². The summed E-state index contributed by atoms with van der Waals surface area (Å²) in [5.74, 6) is 2.57. The predicted octanol–water partition coefficient (Wildman–Crippen LogP) is 1.69. The van der Waals surface area contributed by atoms with E-state index in [1.807, 2.05) is 0 Å². The summed E-state index contributed by atoms with van der Waals surface area (Å²) in [4.78, 5) is 10.7. The lowest BCUT2D eigenvalue weighted by Crippen LogP contribution is -2.29. The number of piperidine rings is 2. The average Bonchev–Trinajstić information content (AvgIpc) is 2.90. The highest BCUT2D eigenvalue weighted by Crippen LogP contribution is 2.29. The predicted molar refractivity (Wildman–Crippen MR) is 72.9 cm³/mol. The highest BCUT2D eigenvalue weighted by atomic mass is 15.1. The van der Waals surface area contributed by atoms with Crippen molar-refractivity contribution in [3.63, 3.8) is 0 Å². The number of hydrogen-bond acceptors (Lipinski definition) is 3. The molecule has 0 bridgehead atoms. The van der Waals surface area contributed by atoms with Crippen molar-refractivity contribution in [1.29, 1.82) is 0 Å². The molecule has 2 aliphatic rings. The summed E-state index contributed by atoms with van der Waals surface area (Å²) in [5, 5.41) is 3.41. The van der Waals surface area contributed by atoms with Gasteiger partial charge in [-0.3, -0.25) is 0 Å². The molecule has 0 unspecified atom stereocenters. The number of aromatic amines is 1. The summed E-state index contributed by atoms with van der Waals surface area (Å²) in [6.45, 7) is 4.70. The fraction of sp³-hybridized carbons (Fsp3) is 0.786. The smallest absolute Gasteiger partial charge is 0.109 e. The van der Waals surface area contributed by atoms with Crippen molar-refractivity contribution in [3.8, 4) is 0 Å². The Balaban J connectivity index is 1.65. The van der Waals surface area contributed by atoms with Crippen molar-refractivity contribution in [2.24, 2.45) is 0 Å². The molecule has 3 rings (SSSR count). The molecule has 1 aromatic heterocycles. The van der Waals surface area contributed by atoms with E-state index in [1.165, 1.54) is 50.3 Å². The molecule has 0 saturated carbocycles. The average molecular weight is 248 g/mol. The van der Waals surface area contributed by atoms with E-state index in [0.29, 0.717) is 11.8 Å². The zero-order chi connectivity index (χ0) is 12.4. The summed E-state index contributed by atoms with van der Waals surface area (Å²) in [6.07, 6.45) is 7.07. The van der Waals surface area contributed by atoms with Crippen LogP contribution in [0.4, 0.5) is 0 Å². The first-order valence-electron chi connectivity index (χ1n) is 7.27. The molecule has 0 aromatic carbocycles. The van der Waals surface area contributed by atoms with Gasteiger partial charge in [-0.05, 0) is 58.9 Å². The quantitative estimate of drug-likeness (QED) is 0.837. The monoisotopic (exact) mass is 248 g/mol. The van der Waals surface area contributed by atoms with Crippen LogP contribution in [0.2, 0.25) is 0 Å². The molecule has 2 saturated heterocycles. The number of rotatable bonds is 2. The van der Waals surface area contributed by atoms with Crippen molar-refractivity contribution in [2.75, 3.05) is 33.2 Å². The van der Waals surface area contributed by atoms with Gasteiger partial charge < -0.3 is 15.2 Å². The van der Waals surface area contributed by atoms with Crippen molar-refractivity contribution in [3.05, 3.63) is 17.7 Å². The third-order valence-corrected chi connectivity index (χ3v) is 4.50. The van der Waals surface area contributed by atoms with Crippen LogP contribution in [-0.4, -0.2) is 48.1 Å². The fourth-order valence-electron chi connectivity index (χ4n) is 3.18. The highest BCUT2D eigenvalue weighted by Gasteiger charge is 2.22. The lowest BCUT2D eigenvalue weighted by molar-refractivity contribution is 0.253. The van der Waals surface area contributed by atoms with Gasteiger partial charge in [-0.15, -0.1) is 0 Å². The first kappa shape index (κ1) is 12.2. The fourth-order valence-corrected chi connectivity index (χ4v) is 3.18. The standard InChI is InChI=1S/C14H24N4/c1-18-8-4-11(5-9-18)13-10-16-14(17-13)12-2-6-15-7-3-12/h10-12,15H,2-9H2,1H3,(H,16,17). The zero-order valence-corrected chi connectivity index (χ0v) is 11.3. The molecule has 100 valence electrons. The van der Waals surface area contributed by atoms with Gasteiger partial charge in [0.2, 0.25) is 0 Å². The maximum atomic E-state index is 4.64. The summed E-state index contributed by atoms with van der Waals surface area (Å²) in [7, 11) is 2.21. The molecule has 2 aliphatic heterocycles. The number of imidazole rings is 1. The van der Waals surface area contributed by atoms with Crippen LogP contribution < -0.4 is 5.32 Å². The number of hydrogen-bond donors (Lipinski definition) is 2. The van der Waals surface area contributed by atoms with Gasteiger partial charge in [-0.25, -0.2) is 4.98 Å². The molecule has 1 aromatic rings. The Morgan fingerprint density at radius 3 is 2.56 bits per heavy atom. The second-order valence-electron chi connectivity index (χ2n) is 5.83. The Bertz CT molecular complexity index is 373. The van der Waals surface area contributed by atoms with Gasteiger partial charge >= 0.3 is 0 Å². The van der Waals surface area contributed by atoms with Gasteiger partial charge in [0.15, 0.2) is 0 Å². The molecule has 0 spiro atoms. The van der Waals surface area contributed by atoms with Crippen LogP contribution in [0.15, 0.2) is 6.20 Å². The number of nitrogens with one attached hydrogen (secondary N) is 2. The van der Waals surface area contributed by atoms with Crippen LogP contribution in [-0.2, 0) is 0 Å². The molecule has 2 N–H and O–H groups in total. The highest BCUT2D eigenvalue weighted by molar-refractivity contribution is 5.12. The zero-order valence-electron chi connectivity index (χ0n) is 11.3. The maximum Gasteiger partial charge on any atom is 0.109 e. The van der Waals surface area contributed by atoms with Crippen LogP contribution >= 0.6 is 0 Å². The molecule has 0 atom stereocenters. The van der Waals surface area contributed by atoms with Crippen molar-refractivity contribution >= 4 is 0 Å². The molecule has 0 aliphatic carbocycles. The molecule has 0 radical (unpaired) electrons. The minimum atomic E-state index is 0.645. The molecule has 2 fully saturated rings. The Hall–Kier alpha value is -0.870. The van der Waals surface area contributed by atoms with E-state index in [1.54, 1.807) is 0 Å². The summed E-state index contributed by atoms with van der Waals surface area (Å²) in [5.41, 5.74) is 1.37. The normalized spacial score (nSPS) is 24.5. The molecule has 3 heterocycles. The topological polar surface area (TPSA) is 44.0 Å². The third-order valence-electron chi connectivity index (χ3n) is 4.50. The third kappa shape index (κ3) is 2.59. The van der Waals surface area contributed by atoms with E-state index in [-0.39, 0.29) is 0 Å². The molecule has 0 amide bonds. The van der Waals surface area contributed by atoms with E-state index in [4.69, 9.17) is 0 Å². The molecular weight excluding hydrogens is 224 g/mol. The molecular formula is C14H24N4. The van der Waals surface area contributed by atoms with E-state index in [9.17, 15) is 0 Å². The van der Waals surface area contributed by atoms with Crippen molar-refractivity contribution in [2.45, 2.75) is 37.5 Å². The Morgan fingerprint density at radius 2 is 1.83 bits per heavy atom. The van der Waals surface area contributed by atoms with Crippen LogP contribution in [0.5, 0.6) is 0 Å². The van der Waals surface area contributed by atoms with Crippen LogP contribution in [0.1, 0.15) is 49.0 Å². The van der Waals surface area contributed by atoms with E-state index < -0.39 is 0 Å². The Kier molecular flexibility index (Phi) is 3.66. The largest absolute Gasteiger partial charge is 0.345 e. The van der Waals surface area contributed by atoms with Crippen molar-refractivity contribution in [1.82, 2.24) is 20.2 Å². The summed E-state index contributed by atoms with van der Waals surface area (Å²) in [6, 6.07) is 0. The molecule has 4 heteroatoms. The van der Waals surface area contributed by atoms with E-state index in [2.05, 4.69) is 33.4 Å². The van der Waals surface area contributed by atoms with Gasteiger partial charge in [-0.1, -0.05) is 0 Å². The van der Waals surface area contributed by atoms with Gasteiger partial charge in [-0.2, -0.15) is 0 Å². The lowest BCUT2D eigenvalue weighted by atomic mass is 9.94. The molecule has 4 nitrogen and oxygen atoms in total. The second-order valence-corrected chi connectivity index (χ2v) is 5.83. The Morgan fingerprint density at radius 1 is 1.11 bits per heavy atom. The minimum Gasteiger partial charge on any atom is -0.345 e. The second kappa shape index (κ2) is 5.41. The maximum absolute atomic E-state index is 4.64. The van der Waals surface area contributed by atoms with Gasteiger partial charge in [0.25, 0.3) is 0 Å². The molecule has 18 heavy (non-hydrogen) atoms. The summed E-state index contributed by atoms with van der Waals surface area (Å²) < 4.78 is 0. The first-order chi connectivity index (χ1) is 8.83. The SMILES string of the molecule is CN1CCC(c2cnc(C3CCNCC3)[nH]2)CC1. The van der Waals surface area contributed by atoms with E-state index in [0.717, 1.165) is 13.1 Å². The van der Waals surface area contributed by atoms with Crippen LogP contribution in [0.3, 0.4) is 0 Å². The van der Waals surface area contributed by atoms with Gasteiger partial charge in [0.05, 0.1) is 0 Å². The number of H-pyrrole nitrogens is 1. The number of aromatic nitrogens is 2. The Labute approximate surface area is 109 Å². The number of nitrogens with zero attached hydrogens (tertiary/aromatic N) is 2. The van der Waals surface area contributed by atoms with Crippen LogP contribution in [0.25, 0.3) is 0 Å².